The molecule has 1 aromatic carbocycles. The lowest BCUT2D eigenvalue weighted by Gasteiger charge is -2.14. The quantitative estimate of drug-likeness (QED) is 0.744. The molecule has 100 valence electrons. The summed E-state index contributed by atoms with van der Waals surface area (Å²) >= 11 is 0. The van der Waals surface area contributed by atoms with E-state index in [0.717, 1.165) is 19.5 Å². The van der Waals surface area contributed by atoms with Crippen LogP contribution < -0.4 is 5.32 Å². The molecule has 1 fully saturated rings. The van der Waals surface area contributed by atoms with Crippen LogP contribution in [-0.2, 0) is 6.42 Å². The van der Waals surface area contributed by atoms with Crippen molar-refractivity contribution in [1.82, 2.24) is 10.2 Å². The first-order valence-corrected chi connectivity index (χ1v) is 7.33. The van der Waals surface area contributed by atoms with Gasteiger partial charge in [0.2, 0.25) is 0 Å². The van der Waals surface area contributed by atoms with Gasteiger partial charge < -0.3 is 10.2 Å². The van der Waals surface area contributed by atoms with Crippen molar-refractivity contribution in [3.8, 4) is 0 Å². The van der Waals surface area contributed by atoms with Gasteiger partial charge in [0.05, 0.1) is 0 Å². The van der Waals surface area contributed by atoms with E-state index in [9.17, 15) is 0 Å². The van der Waals surface area contributed by atoms with Crippen molar-refractivity contribution < 1.29 is 0 Å². The highest BCUT2D eigenvalue weighted by Crippen LogP contribution is 2.07. The molecule has 0 bridgehead atoms. The number of hydrogen-bond acceptors (Lipinski definition) is 2. The second kappa shape index (κ2) is 7.55. The van der Waals surface area contributed by atoms with Crippen molar-refractivity contribution in [3.63, 3.8) is 0 Å². The number of nitrogens with one attached hydrogen (secondary N) is 1. The molecule has 1 aromatic rings. The van der Waals surface area contributed by atoms with Crippen LogP contribution in [0.3, 0.4) is 0 Å². The second-order valence-electron chi connectivity index (χ2n) is 5.39. The van der Waals surface area contributed by atoms with E-state index < -0.39 is 0 Å². The second-order valence-corrected chi connectivity index (χ2v) is 5.39. The molecule has 2 rings (SSSR count). The maximum atomic E-state index is 3.55. The Morgan fingerprint density at radius 1 is 1.06 bits per heavy atom. The molecular formula is C16H26N2. The van der Waals surface area contributed by atoms with Gasteiger partial charge in [0.15, 0.2) is 0 Å². The number of hydrogen-bond donors (Lipinski definition) is 1. The average Bonchev–Trinajstić information content (AvgIpc) is 2.89. The lowest BCUT2D eigenvalue weighted by molar-refractivity contribution is 0.331. The Morgan fingerprint density at radius 3 is 2.50 bits per heavy atom. The van der Waals surface area contributed by atoms with Crippen LogP contribution in [-0.4, -0.2) is 37.6 Å². The first kappa shape index (κ1) is 13.6. The highest BCUT2D eigenvalue weighted by molar-refractivity contribution is 5.21. The molecule has 1 aliphatic rings. The van der Waals surface area contributed by atoms with E-state index in [-0.39, 0.29) is 0 Å². The summed E-state index contributed by atoms with van der Waals surface area (Å²) in [5.74, 6) is 0. The van der Waals surface area contributed by atoms with E-state index >= 15 is 0 Å². The Kier molecular flexibility index (Phi) is 5.69. The number of nitrogens with zero attached hydrogens (tertiary/aromatic N) is 1. The smallest absolute Gasteiger partial charge is 0.000664 e. The van der Waals surface area contributed by atoms with Crippen LogP contribution in [0.15, 0.2) is 24.3 Å². The van der Waals surface area contributed by atoms with Crippen molar-refractivity contribution in [3.05, 3.63) is 35.4 Å². The summed E-state index contributed by atoms with van der Waals surface area (Å²) in [6.45, 7) is 8.32. The molecular weight excluding hydrogens is 220 g/mol. The van der Waals surface area contributed by atoms with Crippen molar-refractivity contribution in [2.75, 3.05) is 32.7 Å². The van der Waals surface area contributed by atoms with Crippen molar-refractivity contribution in [1.29, 1.82) is 0 Å². The fourth-order valence-electron chi connectivity index (χ4n) is 2.55. The number of aryl methyl sites for hydroxylation is 1. The normalized spacial score (nSPS) is 16.3. The molecule has 0 aliphatic carbocycles. The Hall–Kier alpha value is -0.860. The Labute approximate surface area is 111 Å². The molecule has 1 aliphatic heterocycles. The Bertz CT molecular complexity index is 325. The molecule has 0 spiro atoms. The molecule has 2 heteroatoms. The van der Waals surface area contributed by atoms with Gasteiger partial charge in [0.1, 0.15) is 0 Å². The highest BCUT2D eigenvalue weighted by atomic mass is 15.1. The molecule has 1 saturated heterocycles. The molecule has 18 heavy (non-hydrogen) atoms. The molecule has 1 N–H and O–H groups in total. The molecule has 0 unspecified atom stereocenters. The zero-order valence-corrected chi connectivity index (χ0v) is 11.6. The summed E-state index contributed by atoms with van der Waals surface area (Å²) in [6, 6.07) is 8.87. The third-order valence-electron chi connectivity index (χ3n) is 3.74. The summed E-state index contributed by atoms with van der Waals surface area (Å²) in [5, 5.41) is 3.55. The largest absolute Gasteiger partial charge is 0.316 e. The van der Waals surface area contributed by atoms with Crippen LogP contribution in [0, 0.1) is 6.92 Å². The molecule has 0 radical (unpaired) electrons. The minimum Gasteiger partial charge on any atom is -0.316 e. The Morgan fingerprint density at radius 2 is 1.78 bits per heavy atom. The van der Waals surface area contributed by atoms with Gasteiger partial charge in [0, 0.05) is 0 Å². The molecule has 0 saturated carbocycles. The maximum Gasteiger partial charge on any atom is -0.000664 e. The Balaban J connectivity index is 1.49. The summed E-state index contributed by atoms with van der Waals surface area (Å²) < 4.78 is 0. The number of benzene rings is 1. The van der Waals surface area contributed by atoms with Gasteiger partial charge in [-0.3, -0.25) is 0 Å². The van der Waals surface area contributed by atoms with Crippen molar-refractivity contribution >= 4 is 0 Å². The fourth-order valence-corrected chi connectivity index (χ4v) is 2.55. The molecule has 1 heterocycles. The minimum atomic E-state index is 1.10. The van der Waals surface area contributed by atoms with E-state index in [1.807, 2.05) is 0 Å². The van der Waals surface area contributed by atoms with Gasteiger partial charge in [0.25, 0.3) is 0 Å². The summed E-state index contributed by atoms with van der Waals surface area (Å²) in [6.07, 6.45) is 5.24. The molecule has 0 amide bonds. The van der Waals surface area contributed by atoms with E-state index in [4.69, 9.17) is 0 Å². The summed E-state index contributed by atoms with van der Waals surface area (Å²) in [5.41, 5.74) is 2.78. The monoisotopic (exact) mass is 246 g/mol. The summed E-state index contributed by atoms with van der Waals surface area (Å²) in [4.78, 5) is 2.58. The van der Waals surface area contributed by atoms with Crippen LogP contribution >= 0.6 is 0 Å². The average molecular weight is 246 g/mol. The van der Waals surface area contributed by atoms with Gasteiger partial charge in [-0.1, -0.05) is 29.8 Å². The highest BCUT2D eigenvalue weighted by Gasteiger charge is 2.09. The predicted molar refractivity (Wildman–Crippen MR) is 78.0 cm³/mol. The zero-order chi connectivity index (χ0) is 12.6. The predicted octanol–water partition coefficient (Wildman–Crippen LogP) is 2.61. The van der Waals surface area contributed by atoms with E-state index in [2.05, 4.69) is 41.4 Å². The van der Waals surface area contributed by atoms with Crippen LogP contribution in [0.5, 0.6) is 0 Å². The third kappa shape index (κ3) is 4.79. The SMILES string of the molecule is Cc1ccc(CCNCCCN2CCCC2)cc1. The van der Waals surface area contributed by atoms with Gasteiger partial charge in [-0.25, -0.2) is 0 Å². The van der Waals surface area contributed by atoms with Crippen LogP contribution in [0.2, 0.25) is 0 Å². The standard InChI is InChI=1S/C16H26N2/c1-15-5-7-16(8-6-15)9-11-17-10-4-14-18-12-2-3-13-18/h5-8,17H,2-4,9-14H2,1H3. The molecule has 2 nitrogen and oxygen atoms in total. The van der Waals surface area contributed by atoms with Gasteiger partial charge in [-0.2, -0.15) is 0 Å². The van der Waals surface area contributed by atoms with E-state index in [1.165, 1.54) is 50.0 Å². The number of likely N-dealkylation sites (tertiary alicyclic amines) is 1. The molecule has 0 aromatic heterocycles. The van der Waals surface area contributed by atoms with E-state index in [1.54, 1.807) is 0 Å². The fraction of sp³-hybridized carbons (Fsp3) is 0.625. The van der Waals surface area contributed by atoms with Gasteiger partial charge in [-0.15, -0.1) is 0 Å². The molecule has 0 atom stereocenters. The van der Waals surface area contributed by atoms with Crippen LogP contribution in [0.25, 0.3) is 0 Å². The topological polar surface area (TPSA) is 15.3 Å². The lowest BCUT2D eigenvalue weighted by atomic mass is 10.1. The third-order valence-corrected chi connectivity index (χ3v) is 3.74. The maximum absolute atomic E-state index is 3.55. The first-order valence-electron chi connectivity index (χ1n) is 7.33. The summed E-state index contributed by atoms with van der Waals surface area (Å²) in [7, 11) is 0. The van der Waals surface area contributed by atoms with Crippen LogP contribution in [0.1, 0.15) is 30.4 Å². The lowest BCUT2D eigenvalue weighted by Crippen LogP contribution is -2.25. The van der Waals surface area contributed by atoms with Gasteiger partial charge >= 0.3 is 0 Å². The van der Waals surface area contributed by atoms with Crippen molar-refractivity contribution in [2.45, 2.75) is 32.6 Å². The van der Waals surface area contributed by atoms with Gasteiger partial charge in [-0.05, 0) is 70.9 Å². The first-order chi connectivity index (χ1) is 8.84. The zero-order valence-electron chi connectivity index (χ0n) is 11.6. The number of rotatable bonds is 7. The van der Waals surface area contributed by atoms with Crippen molar-refractivity contribution in [2.24, 2.45) is 0 Å². The van der Waals surface area contributed by atoms with E-state index in [0.29, 0.717) is 0 Å². The minimum absolute atomic E-state index is 1.10. The van der Waals surface area contributed by atoms with Crippen LogP contribution in [0.4, 0.5) is 0 Å².